The molecule has 8 heteroatoms. The molecule has 0 fully saturated rings. The Morgan fingerprint density at radius 1 is 1.03 bits per heavy atom. The van der Waals surface area contributed by atoms with Crippen LogP contribution >= 0.6 is 11.8 Å². The Bertz CT molecular complexity index is 1310. The number of para-hydroxylation sites is 2. The highest BCUT2D eigenvalue weighted by atomic mass is 32.2. The first-order valence-corrected chi connectivity index (χ1v) is 11.6. The quantitative estimate of drug-likeness (QED) is 0.169. The second kappa shape index (κ2) is 10.4. The summed E-state index contributed by atoms with van der Waals surface area (Å²) < 4.78 is 7.57. The van der Waals surface area contributed by atoms with E-state index in [4.69, 9.17) is 4.74 Å². The Kier molecular flexibility index (Phi) is 7.08. The van der Waals surface area contributed by atoms with Gasteiger partial charge in [-0.15, -0.1) is 0 Å². The van der Waals surface area contributed by atoms with E-state index in [1.165, 1.54) is 17.8 Å². The van der Waals surface area contributed by atoms with Crippen LogP contribution in [0.15, 0.2) is 94.7 Å². The van der Waals surface area contributed by atoms with E-state index in [2.05, 4.69) is 5.10 Å². The molecule has 1 aromatic heterocycles. The van der Waals surface area contributed by atoms with Crippen molar-refractivity contribution in [1.82, 2.24) is 9.78 Å². The van der Waals surface area contributed by atoms with Crippen molar-refractivity contribution in [3.8, 4) is 11.6 Å². The summed E-state index contributed by atoms with van der Waals surface area (Å²) in [6.45, 7) is 3.73. The molecule has 1 unspecified atom stereocenters. The van der Waals surface area contributed by atoms with Gasteiger partial charge in [0.25, 0.3) is 5.69 Å². The molecule has 0 aliphatic rings. The molecular weight excluding hydrogens is 450 g/mol. The van der Waals surface area contributed by atoms with Crippen LogP contribution in [0.5, 0.6) is 5.88 Å². The van der Waals surface area contributed by atoms with Gasteiger partial charge in [0.2, 0.25) is 5.88 Å². The summed E-state index contributed by atoms with van der Waals surface area (Å²) in [6.07, 6.45) is 0.563. The van der Waals surface area contributed by atoms with E-state index >= 15 is 0 Å². The van der Waals surface area contributed by atoms with Crippen LogP contribution < -0.4 is 4.74 Å². The van der Waals surface area contributed by atoms with E-state index in [-0.39, 0.29) is 11.6 Å². The maximum atomic E-state index is 13.3. The molecule has 0 N–H and O–H groups in total. The lowest BCUT2D eigenvalue weighted by Gasteiger charge is -2.16. The summed E-state index contributed by atoms with van der Waals surface area (Å²) in [5, 5.41) is 16.2. The number of carbonyl (C=O) groups excluding carboxylic acids is 1. The predicted octanol–water partition coefficient (Wildman–Crippen LogP) is 6.34. The maximum Gasteiger partial charge on any atom is 0.320 e. The Morgan fingerprint density at radius 2 is 1.65 bits per heavy atom. The molecule has 0 spiro atoms. The largest absolute Gasteiger partial charge is 0.406 e. The van der Waals surface area contributed by atoms with Crippen LogP contribution in [-0.2, 0) is 4.79 Å². The van der Waals surface area contributed by atoms with E-state index in [0.717, 1.165) is 11.3 Å². The Balaban J connectivity index is 1.78. The highest BCUT2D eigenvalue weighted by Gasteiger charge is 2.28. The summed E-state index contributed by atoms with van der Waals surface area (Å²) in [5.74, 6) is -0.619. The van der Waals surface area contributed by atoms with Crippen molar-refractivity contribution in [2.24, 2.45) is 0 Å². The summed E-state index contributed by atoms with van der Waals surface area (Å²) in [6, 6.07) is 25.3. The molecular formula is C26H23N3O4S. The first kappa shape index (κ1) is 23.3. The zero-order chi connectivity index (χ0) is 24.1. The Labute approximate surface area is 201 Å². The lowest BCUT2D eigenvalue weighted by Crippen LogP contribution is -2.20. The second-order valence-corrected chi connectivity index (χ2v) is 8.64. The van der Waals surface area contributed by atoms with Crippen molar-refractivity contribution >= 4 is 23.4 Å². The van der Waals surface area contributed by atoms with Crippen LogP contribution in [0.1, 0.15) is 30.5 Å². The average molecular weight is 474 g/mol. The van der Waals surface area contributed by atoms with Gasteiger partial charge in [0.05, 0.1) is 32.0 Å². The first-order valence-electron chi connectivity index (χ1n) is 10.8. The minimum absolute atomic E-state index is 0.0210. The van der Waals surface area contributed by atoms with Gasteiger partial charge in [0, 0.05) is 6.07 Å². The SMILES string of the molecule is CCC(C(=O)Oc1c(Sc2ccccc2[N+](=O)[O-])c(C)nn1-c1ccccc1)c1ccccc1. The van der Waals surface area contributed by atoms with Crippen LogP contribution in [0.25, 0.3) is 5.69 Å². The molecule has 3 aromatic carbocycles. The second-order valence-electron chi connectivity index (χ2n) is 7.59. The molecule has 7 nitrogen and oxygen atoms in total. The summed E-state index contributed by atoms with van der Waals surface area (Å²) in [7, 11) is 0. The zero-order valence-corrected chi connectivity index (χ0v) is 19.6. The number of nitro benzene ring substituents is 1. The first-order chi connectivity index (χ1) is 16.5. The lowest BCUT2D eigenvalue weighted by atomic mass is 9.97. The lowest BCUT2D eigenvalue weighted by molar-refractivity contribution is -0.387. The average Bonchev–Trinajstić information content (AvgIpc) is 3.16. The van der Waals surface area contributed by atoms with Crippen LogP contribution in [0.2, 0.25) is 0 Å². The van der Waals surface area contributed by atoms with Gasteiger partial charge >= 0.3 is 5.97 Å². The number of hydrogen-bond donors (Lipinski definition) is 0. The number of esters is 1. The molecule has 34 heavy (non-hydrogen) atoms. The number of aromatic nitrogens is 2. The number of aryl methyl sites for hydroxylation is 1. The van der Waals surface area contributed by atoms with E-state index in [1.54, 1.807) is 29.8 Å². The molecule has 0 bridgehead atoms. The number of nitro groups is 1. The standard InChI is InChI=1S/C26H23N3O4S/c1-3-21(19-12-6-4-7-13-19)26(30)33-25-24(34-23-17-11-10-16-22(23)29(31)32)18(2)27-28(25)20-14-8-5-9-15-20/h4-17,21H,3H2,1-2H3. The van der Waals surface area contributed by atoms with Gasteiger partial charge in [-0.1, -0.05) is 79.3 Å². The van der Waals surface area contributed by atoms with Crippen LogP contribution in [0.3, 0.4) is 0 Å². The highest BCUT2D eigenvalue weighted by Crippen LogP contribution is 2.42. The molecule has 1 atom stereocenters. The third kappa shape index (κ3) is 4.87. The molecule has 1 heterocycles. The molecule has 0 saturated heterocycles. The summed E-state index contributed by atoms with van der Waals surface area (Å²) >= 11 is 1.17. The van der Waals surface area contributed by atoms with Gasteiger partial charge < -0.3 is 4.74 Å². The van der Waals surface area contributed by atoms with Crippen LogP contribution in [0, 0.1) is 17.0 Å². The number of carbonyl (C=O) groups is 1. The summed E-state index contributed by atoms with van der Waals surface area (Å²) in [5.41, 5.74) is 2.16. The van der Waals surface area contributed by atoms with Crippen molar-refractivity contribution in [1.29, 1.82) is 0 Å². The Morgan fingerprint density at radius 3 is 2.29 bits per heavy atom. The number of hydrogen-bond acceptors (Lipinski definition) is 6. The Hall–Kier alpha value is -3.91. The van der Waals surface area contributed by atoms with Crippen LogP contribution in [-0.4, -0.2) is 20.7 Å². The monoisotopic (exact) mass is 473 g/mol. The van der Waals surface area contributed by atoms with Gasteiger partial charge in [0.15, 0.2) is 0 Å². The molecule has 4 rings (SSSR count). The molecule has 4 aromatic rings. The van der Waals surface area contributed by atoms with E-state index in [9.17, 15) is 14.9 Å². The van der Waals surface area contributed by atoms with Gasteiger partial charge in [0.1, 0.15) is 0 Å². The fraction of sp³-hybridized carbons (Fsp3) is 0.154. The number of rotatable bonds is 8. The number of benzene rings is 3. The number of ether oxygens (including phenoxy) is 1. The molecule has 0 amide bonds. The van der Waals surface area contributed by atoms with Crippen molar-refractivity contribution in [3.63, 3.8) is 0 Å². The van der Waals surface area contributed by atoms with E-state index < -0.39 is 16.8 Å². The minimum Gasteiger partial charge on any atom is -0.406 e. The van der Waals surface area contributed by atoms with Gasteiger partial charge in [-0.3, -0.25) is 14.9 Å². The smallest absolute Gasteiger partial charge is 0.320 e. The topological polar surface area (TPSA) is 87.3 Å². The molecule has 172 valence electrons. The van der Waals surface area contributed by atoms with E-state index in [1.807, 2.05) is 67.6 Å². The van der Waals surface area contributed by atoms with Gasteiger partial charge in [-0.05, 0) is 37.1 Å². The van der Waals surface area contributed by atoms with Crippen molar-refractivity contribution in [2.45, 2.75) is 36.0 Å². The zero-order valence-electron chi connectivity index (χ0n) is 18.8. The fourth-order valence-electron chi connectivity index (χ4n) is 3.64. The minimum atomic E-state index is -0.454. The van der Waals surface area contributed by atoms with Crippen molar-refractivity contribution < 1.29 is 14.5 Å². The summed E-state index contributed by atoms with van der Waals surface area (Å²) in [4.78, 5) is 25.5. The van der Waals surface area contributed by atoms with Gasteiger partial charge in [-0.25, -0.2) is 0 Å². The third-order valence-corrected chi connectivity index (χ3v) is 6.57. The number of nitrogens with zero attached hydrogens (tertiary/aromatic N) is 3. The van der Waals surface area contributed by atoms with Crippen molar-refractivity contribution in [2.75, 3.05) is 0 Å². The highest BCUT2D eigenvalue weighted by molar-refractivity contribution is 7.99. The van der Waals surface area contributed by atoms with Crippen LogP contribution in [0.4, 0.5) is 5.69 Å². The third-order valence-electron chi connectivity index (χ3n) is 5.33. The normalized spacial score (nSPS) is 11.7. The molecule has 0 aliphatic heterocycles. The van der Waals surface area contributed by atoms with E-state index in [0.29, 0.717) is 21.9 Å². The molecule has 0 radical (unpaired) electrons. The van der Waals surface area contributed by atoms with Crippen molar-refractivity contribution in [3.05, 3.63) is 106 Å². The predicted molar refractivity (Wildman–Crippen MR) is 131 cm³/mol. The molecule has 0 aliphatic carbocycles. The maximum absolute atomic E-state index is 13.3. The van der Waals surface area contributed by atoms with Gasteiger partial charge in [-0.2, -0.15) is 9.78 Å². The fourth-order valence-corrected chi connectivity index (χ4v) is 4.66. The molecule has 0 saturated carbocycles.